The molecule has 3 unspecified atom stereocenters. The summed E-state index contributed by atoms with van der Waals surface area (Å²) in [6, 6.07) is 24.0. The third kappa shape index (κ3) is 7.10. The van der Waals surface area contributed by atoms with Crippen LogP contribution >= 0.6 is 23.2 Å². The van der Waals surface area contributed by atoms with E-state index in [9.17, 15) is 10.1 Å². The number of piperidine rings is 1. The fourth-order valence-corrected chi connectivity index (χ4v) is 8.23. The average Bonchev–Trinajstić information content (AvgIpc) is 3.03. The molecule has 1 N–H and O–H groups in total. The molecule has 0 aromatic heterocycles. The molecular formula is C36H39Cl2N3O2. The maximum Gasteiger partial charge on any atom is 0.250 e. The topological polar surface area (TPSA) is 65.4 Å². The molecule has 224 valence electrons. The van der Waals surface area contributed by atoms with Gasteiger partial charge in [0.15, 0.2) is 0 Å². The van der Waals surface area contributed by atoms with Crippen LogP contribution in [0.15, 0.2) is 66.7 Å². The molecule has 1 amide bonds. The van der Waals surface area contributed by atoms with Gasteiger partial charge in [-0.3, -0.25) is 4.79 Å². The van der Waals surface area contributed by atoms with E-state index in [-0.39, 0.29) is 12.5 Å². The van der Waals surface area contributed by atoms with Crippen LogP contribution in [0.1, 0.15) is 68.9 Å². The van der Waals surface area contributed by atoms with Crippen molar-refractivity contribution >= 4 is 34.8 Å². The van der Waals surface area contributed by atoms with Crippen molar-refractivity contribution in [3.8, 4) is 17.2 Å². The largest absolute Gasteiger partial charge is 0.360 e. The zero-order valence-corrected chi connectivity index (χ0v) is 26.0. The fourth-order valence-electron chi connectivity index (χ4n) is 7.71. The van der Waals surface area contributed by atoms with Crippen molar-refractivity contribution in [3.05, 3.63) is 87.9 Å². The zero-order chi connectivity index (χ0) is 29.8. The Bertz CT molecular complexity index is 1460. The van der Waals surface area contributed by atoms with Gasteiger partial charge in [0.25, 0.3) is 0 Å². The molecule has 3 aromatic carbocycles. The van der Waals surface area contributed by atoms with Crippen molar-refractivity contribution in [2.45, 2.75) is 69.4 Å². The Labute approximate surface area is 265 Å². The quantitative estimate of drug-likeness (QED) is 0.288. The Morgan fingerprint density at radius 2 is 1.63 bits per heavy atom. The number of benzene rings is 3. The Morgan fingerprint density at radius 1 is 0.907 bits per heavy atom. The molecule has 2 aliphatic carbocycles. The predicted octanol–water partition coefficient (Wildman–Crippen LogP) is 8.84. The summed E-state index contributed by atoms with van der Waals surface area (Å²) >= 11 is 12.3. The van der Waals surface area contributed by atoms with Gasteiger partial charge in [-0.2, -0.15) is 5.26 Å². The first kappa shape index (κ1) is 30.2. The second kappa shape index (κ2) is 13.4. The molecule has 5 nitrogen and oxygen atoms in total. The number of likely N-dealkylation sites (tertiary alicyclic amines) is 1. The number of hydrogen-bond acceptors (Lipinski definition) is 4. The standard InChI is InChI=1S/C36H39Cl2N3O2/c37-31-20-32(38)22-33(21-31)40-35(42)24-43-36(30-11-8-27(9-12-30)28-7-3-4-25(18-28)23-39)14-16-41(17-15-36)34-13-10-26-5-1-2-6-29(26)19-34/h3-4,7-9,11-12,18,20-22,26,29,34H,1-2,5-6,10,13-17,19,24H2,(H,40,42). The highest BCUT2D eigenvalue weighted by atomic mass is 35.5. The monoisotopic (exact) mass is 615 g/mol. The number of anilines is 1. The van der Waals surface area contributed by atoms with Crippen molar-refractivity contribution < 1.29 is 9.53 Å². The number of carbonyl (C=O) groups excluding carboxylic acids is 1. The number of hydrogen-bond donors (Lipinski definition) is 1. The van der Waals surface area contributed by atoms with Crippen molar-refractivity contribution in [3.63, 3.8) is 0 Å². The first-order valence-corrected chi connectivity index (χ1v) is 16.4. The molecule has 43 heavy (non-hydrogen) atoms. The van der Waals surface area contributed by atoms with E-state index in [0.29, 0.717) is 27.3 Å². The van der Waals surface area contributed by atoms with Crippen LogP contribution < -0.4 is 5.32 Å². The summed E-state index contributed by atoms with van der Waals surface area (Å²) in [5.41, 5.74) is 3.78. The lowest BCUT2D eigenvalue weighted by molar-refractivity contribution is -0.136. The smallest absolute Gasteiger partial charge is 0.250 e. The van der Waals surface area contributed by atoms with Gasteiger partial charge in [0, 0.05) is 34.9 Å². The van der Waals surface area contributed by atoms with Crippen LogP contribution in [0.3, 0.4) is 0 Å². The highest BCUT2D eigenvalue weighted by Gasteiger charge is 2.41. The third-order valence-electron chi connectivity index (χ3n) is 10.00. The number of halogens is 2. The van der Waals surface area contributed by atoms with Gasteiger partial charge in [-0.25, -0.2) is 0 Å². The second-order valence-electron chi connectivity index (χ2n) is 12.6. The highest BCUT2D eigenvalue weighted by Crippen LogP contribution is 2.44. The highest BCUT2D eigenvalue weighted by molar-refractivity contribution is 6.35. The van der Waals surface area contributed by atoms with E-state index in [2.05, 4.69) is 40.6 Å². The van der Waals surface area contributed by atoms with E-state index in [1.165, 1.54) is 44.9 Å². The summed E-state index contributed by atoms with van der Waals surface area (Å²) in [6.07, 6.45) is 11.3. The molecule has 3 fully saturated rings. The number of rotatable bonds is 7. The lowest BCUT2D eigenvalue weighted by Gasteiger charge is -2.48. The summed E-state index contributed by atoms with van der Waals surface area (Å²) in [4.78, 5) is 15.7. The van der Waals surface area contributed by atoms with Crippen LogP contribution in [0.2, 0.25) is 10.0 Å². The molecule has 7 heteroatoms. The molecule has 0 radical (unpaired) electrons. The van der Waals surface area contributed by atoms with Crippen LogP contribution in [-0.2, 0) is 15.1 Å². The zero-order valence-electron chi connectivity index (χ0n) is 24.5. The van der Waals surface area contributed by atoms with Gasteiger partial charge in [-0.1, -0.05) is 85.3 Å². The van der Waals surface area contributed by atoms with Crippen molar-refractivity contribution in [2.75, 3.05) is 25.0 Å². The van der Waals surface area contributed by atoms with Crippen molar-refractivity contribution in [1.82, 2.24) is 4.90 Å². The van der Waals surface area contributed by atoms with Crippen LogP contribution in [0, 0.1) is 23.2 Å². The number of nitrogens with zero attached hydrogens (tertiary/aromatic N) is 2. The molecule has 6 rings (SSSR count). The van der Waals surface area contributed by atoms with Crippen LogP contribution in [0.4, 0.5) is 5.69 Å². The minimum absolute atomic E-state index is 0.0662. The lowest BCUT2D eigenvalue weighted by atomic mass is 9.69. The second-order valence-corrected chi connectivity index (χ2v) is 13.4. The molecule has 1 saturated heterocycles. The minimum atomic E-state index is -0.561. The summed E-state index contributed by atoms with van der Waals surface area (Å²) in [5.74, 6) is 1.60. The van der Waals surface area contributed by atoms with Gasteiger partial charge >= 0.3 is 0 Å². The molecule has 1 aliphatic heterocycles. The normalized spacial score (nSPS) is 23.6. The van der Waals surface area contributed by atoms with Crippen LogP contribution in [-0.4, -0.2) is 36.5 Å². The Balaban J connectivity index is 1.18. The molecule has 2 saturated carbocycles. The molecule has 3 atom stereocenters. The number of amides is 1. The maximum absolute atomic E-state index is 13.0. The van der Waals surface area contributed by atoms with Gasteiger partial charge in [0.1, 0.15) is 6.61 Å². The molecule has 0 bridgehead atoms. The molecule has 0 spiro atoms. The molecule has 1 heterocycles. The maximum atomic E-state index is 13.0. The molecule has 3 aliphatic rings. The number of nitrogens with one attached hydrogen (secondary N) is 1. The average molecular weight is 617 g/mol. The van der Waals surface area contributed by atoms with Gasteiger partial charge in [-0.15, -0.1) is 0 Å². The minimum Gasteiger partial charge on any atom is -0.360 e. The predicted molar refractivity (Wildman–Crippen MR) is 173 cm³/mol. The number of fused-ring (bicyclic) bond motifs is 1. The lowest BCUT2D eigenvalue weighted by Crippen LogP contribution is -2.50. The van der Waals surface area contributed by atoms with E-state index >= 15 is 0 Å². The van der Waals surface area contributed by atoms with Gasteiger partial charge in [-0.05, 0) is 91.0 Å². The number of nitriles is 1. The van der Waals surface area contributed by atoms with Gasteiger partial charge in [0.2, 0.25) is 5.91 Å². The first-order chi connectivity index (χ1) is 20.9. The fraction of sp³-hybridized carbons (Fsp3) is 0.444. The SMILES string of the molecule is N#Cc1cccc(-c2ccc(C3(OCC(=O)Nc4cc(Cl)cc(Cl)c4)CCN(C4CCC5CCCCC5C4)CC3)cc2)c1. The van der Waals surface area contributed by atoms with Crippen LogP contribution in [0.25, 0.3) is 11.1 Å². The first-order valence-electron chi connectivity index (χ1n) is 15.7. The number of carbonyl (C=O) groups is 1. The summed E-state index contributed by atoms with van der Waals surface area (Å²) in [6.45, 7) is 1.85. The summed E-state index contributed by atoms with van der Waals surface area (Å²) in [7, 11) is 0. The van der Waals surface area contributed by atoms with Gasteiger partial charge in [0.05, 0.1) is 17.2 Å². The Hall–Kier alpha value is -2.88. The Morgan fingerprint density at radius 3 is 2.35 bits per heavy atom. The molecule has 3 aromatic rings. The summed E-state index contributed by atoms with van der Waals surface area (Å²) in [5, 5.41) is 13.2. The van der Waals surface area contributed by atoms with Crippen molar-refractivity contribution in [2.24, 2.45) is 11.8 Å². The van der Waals surface area contributed by atoms with E-state index in [0.717, 1.165) is 54.5 Å². The van der Waals surface area contributed by atoms with E-state index in [4.69, 9.17) is 27.9 Å². The molecular weight excluding hydrogens is 577 g/mol. The Kier molecular flexibility index (Phi) is 9.40. The van der Waals surface area contributed by atoms with Crippen molar-refractivity contribution in [1.29, 1.82) is 5.26 Å². The third-order valence-corrected chi connectivity index (χ3v) is 10.4. The van der Waals surface area contributed by atoms with Crippen LogP contribution in [0.5, 0.6) is 0 Å². The number of ether oxygens (including phenoxy) is 1. The van der Waals surface area contributed by atoms with E-state index in [1.54, 1.807) is 18.2 Å². The van der Waals surface area contributed by atoms with E-state index < -0.39 is 5.60 Å². The van der Waals surface area contributed by atoms with E-state index in [1.807, 2.05) is 24.3 Å². The summed E-state index contributed by atoms with van der Waals surface area (Å²) < 4.78 is 6.61. The van der Waals surface area contributed by atoms with Gasteiger partial charge < -0.3 is 15.0 Å².